The topological polar surface area (TPSA) is 84.0 Å². The standard InChI is InChI=1S/C34H22Cl2N2O5/c35-22-13-17-26(24(36)18-22)38-32(40)28-27-16-12-19-6-4-5-9-25(19)37(27)30(29(28)33(38)41)34(42)43-23-14-10-21(11-15-23)31(39)20-7-2-1-3-8-20/h1-18,27-30H/t27-,28-,29+,30+/m1/s1. The summed E-state index contributed by atoms with van der Waals surface area (Å²) in [4.78, 5) is 57.6. The maximum absolute atomic E-state index is 14.0. The van der Waals surface area contributed by atoms with E-state index in [-0.39, 0.29) is 22.2 Å². The summed E-state index contributed by atoms with van der Waals surface area (Å²) in [5.74, 6) is -3.48. The fourth-order valence-corrected chi connectivity index (χ4v) is 6.78. The number of hydrogen-bond acceptors (Lipinski definition) is 6. The van der Waals surface area contributed by atoms with Gasteiger partial charge in [-0.1, -0.05) is 83.9 Å². The number of esters is 1. The molecule has 2 saturated heterocycles. The molecule has 3 heterocycles. The van der Waals surface area contributed by atoms with Crippen molar-refractivity contribution in [3.05, 3.63) is 130 Å². The zero-order valence-electron chi connectivity index (χ0n) is 22.4. The Hall–Kier alpha value is -4.72. The van der Waals surface area contributed by atoms with Gasteiger partial charge in [0.15, 0.2) is 5.78 Å². The molecule has 0 radical (unpaired) electrons. The van der Waals surface area contributed by atoms with E-state index >= 15 is 0 Å². The number of anilines is 2. The zero-order valence-corrected chi connectivity index (χ0v) is 23.9. The number of benzene rings is 4. The van der Waals surface area contributed by atoms with Crippen LogP contribution in [0.25, 0.3) is 6.08 Å². The molecule has 3 aliphatic heterocycles. The van der Waals surface area contributed by atoms with Crippen LogP contribution in [0, 0.1) is 11.8 Å². The molecule has 0 bridgehead atoms. The number of para-hydroxylation sites is 1. The first kappa shape index (κ1) is 27.1. The Balaban J connectivity index is 1.23. The largest absolute Gasteiger partial charge is 0.425 e. The lowest BCUT2D eigenvalue weighted by atomic mass is 9.89. The average molecular weight is 609 g/mol. The minimum atomic E-state index is -1.10. The summed E-state index contributed by atoms with van der Waals surface area (Å²) >= 11 is 12.5. The molecule has 2 fully saturated rings. The molecular formula is C34H22Cl2N2O5. The molecule has 7 nitrogen and oxygen atoms in total. The number of carbonyl (C=O) groups excluding carboxylic acids is 4. The van der Waals surface area contributed by atoms with E-state index in [9.17, 15) is 19.2 Å². The summed E-state index contributed by atoms with van der Waals surface area (Å²) < 4.78 is 5.83. The first-order valence-corrected chi connectivity index (χ1v) is 14.4. The van der Waals surface area contributed by atoms with E-state index < -0.39 is 41.7 Å². The van der Waals surface area contributed by atoms with E-state index in [4.69, 9.17) is 27.9 Å². The van der Waals surface area contributed by atoms with Crippen molar-refractivity contribution in [3.63, 3.8) is 0 Å². The molecule has 4 aromatic carbocycles. The first-order valence-electron chi connectivity index (χ1n) is 13.6. The fourth-order valence-electron chi connectivity index (χ4n) is 6.29. The smallest absolute Gasteiger partial charge is 0.335 e. The van der Waals surface area contributed by atoms with Crippen molar-refractivity contribution in [2.75, 3.05) is 9.80 Å². The van der Waals surface area contributed by atoms with Crippen LogP contribution in [0.2, 0.25) is 10.0 Å². The molecule has 0 N–H and O–H groups in total. The second kappa shape index (κ2) is 10.5. The van der Waals surface area contributed by atoms with E-state index in [1.165, 1.54) is 12.1 Å². The van der Waals surface area contributed by atoms with Gasteiger partial charge in [-0.05, 0) is 54.1 Å². The van der Waals surface area contributed by atoms with Crippen LogP contribution in [-0.2, 0) is 14.4 Å². The molecule has 4 atom stereocenters. The molecule has 4 aromatic rings. The Labute approximate surface area is 256 Å². The number of amides is 2. The van der Waals surface area contributed by atoms with E-state index in [1.807, 2.05) is 47.4 Å². The van der Waals surface area contributed by atoms with Gasteiger partial charge in [0.25, 0.3) is 0 Å². The number of carbonyl (C=O) groups is 4. The van der Waals surface area contributed by atoms with Gasteiger partial charge >= 0.3 is 5.97 Å². The fraction of sp³-hybridized carbons (Fsp3) is 0.118. The summed E-state index contributed by atoms with van der Waals surface area (Å²) in [5.41, 5.74) is 2.79. The van der Waals surface area contributed by atoms with Crippen LogP contribution >= 0.6 is 23.2 Å². The summed E-state index contributed by atoms with van der Waals surface area (Å²) in [6.07, 6.45) is 3.76. The second-order valence-electron chi connectivity index (χ2n) is 10.6. The minimum absolute atomic E-state index is 0.153. The number of nitrogens with zero attached hydrogens (tertiary/aromatic N) is 2. The van der Waals surface area contributed by atoms with Crippen molar-refractivity contribution in [2.45, 2.75) is 12.1 Å². The number of ether oxygens (including phenoxy) is 1. The number of halogens is 2. The van der Waals surface area contributed by atoms with Crippen LogP contribution in [0.15, 0.2) is 103 Å². The third-order valence-electron chi connectivity index (χ3n) is 8.18. The lowest BCUT2D eigenvalue weighted by Gasteiger charge is -2.36. The maximum Gasteiger partial charge on any atom is 0.335 e. The molecule has 9 heteroatoms. The SMILES string of the molecule is O=C(c1ccccc1)c1ccc(OC(=O)[C@@H]2[C@H]3C(=O)N(c4ccc(Cl)cc4Cl)C(=O)[C@@H]3[C@H]3C=Cc4ccccc4N32)cc1. The number of rotatable bonds is 5. The van der Waals surface area contributed by atoms with Gasteiger partial charge in [-0.25, -0.2) is 9.69 Å². The summed E-state index contributed by atoms with van der Waals surface area (Å²) in [7, 11) is 0. The lowest BCUT2D eigenvalue weighted by molar-refractivity contribution is -0.139. The summed E-state index contributed by atoms with van der Waals surface area (Å²) in [5, 5.41) is 0.517. The molecule has 7 rings (SSSR count). The number of fused-ring (bicyclic) bond motifs is 5. The van der Waals surface area contributed by atoms with Gasteiger partial charge < -0.3 is 9.64 Å². The summed E-state index contributed by atoms with van der Waals surface area (Å²) in [6.45, 7) is 0. The highest BCUT2D eigenvalue weighted by molar-refractivity contribution is 6.38. The van der Waals surface area contributed by atoms with E-state index in [0.717, 1.165) is 16.2 Å². The van der Waals surface area contributed by atoms with Crippen molar-refractivity contribution in [2.24, 2.45) is 11.8 Å². The van der Waals surface area contributed by atoms with Gasteiger partial charge in [0.1, 0.15) is 11.8 Å². The maximum atomic E-state index is 14.0. The molecule has 43 heavy (non-hydrogen) atoms. The van der Waals surface area contributed by atoms with Crippen molar-refractivity contribution in [1.29, 1.82) is 0 Å². The van der Waals surface area contributed by atoms with Gasteiger partial charge in [-0.15, -0.1) is 0 Å². The van der Waals surface area contributed by atoms with Crippen LogP contribution in [0.5, 0.6) is 5.75 Å². The van der Waals surface area contributed by atoms with Gasteiger partial charge in [0.05, 0.1) is 28.6 Å². The van der Waals surface area contributed by atoms with Crippen LogP contribution < -0.4 is 14.5 Å². The monoisotopic (exact) mass is 608 g/mol. The zero-order chi connectivity index (χ0) is 29.8. The van der Waals surface area contributed by atoms with Crippen LogP contribution in [-0.4, -0.2) is 35.7 Å². The molecule has 0 unspecified atom stereocenters. The van der Waals surface area contributed by atoms with Gasteiger partial charge in [-0.3, -0.25) is 14.4 Å². The molecule has 2 amide bonds. The Kier molecular flexibility index (Phi) is 6.64. The molecular weight excluding hydrogens is 587 g/mol. The van der Waals surface area contributed by atoms with Crippen molar-refractivity contribution < 1.29 is 23.9 Å². The lowest BCUT2D eigenvalue weighted by Crippen LogP contribution is -2.50. The number of hydrogen-bond donors (Lipinski definition) is 0. The molecule has 0 aliphatic carbocycles. The Morgan fingerprint density at radius 1 is 0.721 bits per heavy atom. The van der Waals surface area contributed by atoms with Crippen molar-refractivity contribution in [3.8, 4) is 5.75 Å². The predicted molar refractivity (Wildman–Crippen MR) is 163 cm³/mol. The highest BCUT2D eigenvalue weighted by Gasteiger charge is 2.65. The quantitative estimate of drug-likeness (QED) is 0.116. The normalized spacial score (nSPS) is 21.8. The van der Waals surface area contributed by atoms with Crippen LogP contribution in [0.1, 0.15) is 21.5 Å². The molecule has 0 saturated carbocycles. The molecule has 0 spiro atoms. The predicted octanol–water partition coefficient (Wildman–Crippen LogP) is 6.22. The molecule has 3 aliphatic rings. The third-order valence-corrected chi connectivity index (χ3v) is 8.72. The van der Waals surface area contributed by atoms with E-state index in [0.29, 0.717) is 16.1 Å². The van der Waals surface area contributed by atoms with Crippen LogP contribution in [0.4, 0.5) is 11.4 Å². The van der Waals surface area contributed by atoms with E-state index in [2.05, 4.69) is 0 Å². The van der Waals surface area contributed by atoms with Gasteiger partial charge in [-0.2, -0.15) is 0 Å². The van der Waals surface area contributed by atoms with E-state index in [1.54, 1.807) is 54.6 Å². The molecule has 0 aromatic heterocycles. The average Bonchev–Trinajstić information content (AvgIpc) is 3.50. The summed E-state index contributed by atoms with van der Waals surface area (Å²) in [6, 6.07) is 25.5. The number of ketones is 1. The Morgan fingerprint density at radius 2 is 1.40 bits per heavy atom. The van der Waals surface area contributed by atoms with Crippen molar-refractivity contribution in [1.82, 2.24) is 0 Å². The van der Waals surface area contributed by atoms with Crippen molar-refractivity contribution >= 4 is 64.2 Å². The van der Waals surface area contributed by atoms with Gasteiger partial charge in [0.2, 0.25) is 11.8 Å². The first-order chi connectivity index (χ1) is 20.8. The van der Waals surface area contributed by atoms with Crippen LogP contribution in [0.3, 0.4) is 0 Å². The second-order valence-corrected chi connectivity index (χ2v) is 11.4. The Bertz CT molecular complexity index is 1840. The Morgan fingerprint density at radius 3 is 2.14 bits per heavy atom. The third kappa shape index (κ3) is 4.44. The molecule has 212 valence electrons. The highest BCUT2D eigenvalue weighted by Crippen LogP contribution is 2.50. The highest BCUT2D eigenvalue weighted by atomic mass is 35.5. The van der Waals surface area contributed by atoms with Gasteiger partial charge in [0, 0.05) is 21.8 Å². The number of imide groups is 1. The minimum Gasteiger partial charge on any atom is -0.425 e.